The van der Waals surface area contributed by atoms with Gasteiger partial charge in [0.05, 0.1) is 0 Å². The number of benzene rings is 1. The van der Waals surface area contributed by atoms with Gasteiger partial charge in [0.15, 0.2) is 5.82 Å². The Labute approximate surface area is 120 Å². The van der Waals surface area contributed by atoms with Gasteiger partial charge in [-0.15, -0.1) is 0 Å². The molecule has 0 fully saturated rings. The van der Waals surface area contributed by atoms with Crippen LogP contribution >= 0.6 is 27.5 Å². The quantitative estimate of drug-likeness (QED) is 0.920. The molecule has 0 radical (unpaired) electrons. The van der Waals surface area contributed by atoms with Gasteiger partial charge in [-0.3, -0.25) is 0 Å². The van der Waals surface area contributed by atoms with Crippen LogP contribution in [-0.4, -0.2) is 17.0 Å². The highest BCUT2D eigenvalue weighted by Crippen LogP contribution is 2.29. The van der Waals surface area contributed by atoms with Crippen molar-refractivity contribution in [1.29, 1.82) is 0 Å². The van der Waals surface area contributed by atoms with Gasteiger partial charge in [0.2, 0.25) is 0 Å². The van der Waals surface area contributed by atoms with Gasteiger partial charge in [0, 0.05) is 33.9 Å². The maximum Gasteiger partial charge on any atom is 0.162 e. The van der Waals surface area contributed by atoms with Gasteiger partial charge in [0.25, 0.3) is 0 Å². The summed E-state index contributed by atoms with van der Waals surface area (Å²) in [7, 11) is 1.85. The lowest BCUT2D eigenvalue weighted by Gasteiger charge is -2.08. The van der Waals surface area contributed by atoms with Crippen molar-refractivity contribution < 1.29 is 0 Å². The van der Waals surface area contributed by atoms with Gasteiger partial charge in [-0.1, -0.05) is 34.5 Å². The average molecular weight is 327 g/mol. The zero-order valence-electron chi connectivity index (χ0n) is 10.2. The average Bonchev–Trinajstić information content (AvgIpc) is 2.40. The van der Waals surface area contributed by atoms with E-state index >= 15 is 0 Å². The SMILES string of the molecule is CCc1cc(NC)nc(-c2cc(Cl)ccc2Br)n1. The summed E-state index contributed by atoms with van der Waals surface area (Å²) in [5, 5.41) is 3.72. The van der Waals surface area contributed by atoms with Crippen LogP contribution in [0.5, 0.6) is 0 Å². The molecule has 0 aliphatic carbocycles. The van der Waals surface area contributed by atoms with E-state index in [2.05, 4.69) is 38.1 Å². The molecule has 0 amide bonds. The van der Waals surface area contributed by atoms with Crippen molar-refractivity contribution in [3.8, 4) is 11.4 Å². The number of nitrogens with zero attached hydrogens (tertiary/aromatic N) is 2. The minimum atomic E-state index is 0.671. The van der Waals surface area contributed by atoms with Crippen LogP contribution in [0.3, 0.4) is 0 Å². The fraction of sp³-hybridized carbons (Fsp3) is 0.231. The first-order valence-corrected chi connectivity index (χ1v) is 6.82. The van der Waals surface area contributed by atoms with E-state index in [0.29, 0.717) is 10.8 Å². The summed E-state index contributed by atoms with van der Waals surface area (Å²) in [6.45, 7) is 2.07. The molecule has 1 heterocycles. The standard InChI is InChI=1S/C13H13BrClN3/c1-3-9-7-12(16-2)18-13(17-9)10-6-8(15)4-5-11(10)14/h4-7H,3H2,1-2H3,(H,16,17,18). The highest BCUT2D eigenvalue weighted by molar-refractivity contribution is 9.10. The number of nitrogens with one attached hydrogen (secondary N) is 1. The number of hydrogen-bond acceptors (Lipinski definition) is 3. The van der Waals surface area contributed by atoms with Crippen LogP contribution in [0, 0.1) is 0 Å². The first kappa shape index (κ1) is 13.3. The normalized spacial score (nSPS) is 10.4. The molecule has 94 valence electrons. The minimum absolute atomic E-state index is 0.671. The number of rotatable bonds is 3. The Balaban J connectivity index is 2.58. The van der Waals surface area contributed by atoms with Gasteiger partial charge in [-0.25, -0.2) is 9.97 Å². The van der Waals surface area contributed by atoms with Crippen molar-refractivity contribution in [3.63, 3.8) is 0 Å². The molecule has 1 aromatic heterocycles. The zero-order chi connectivity index (χ0) is 13.1. The number of hydrogen-bond donors (Lipinski definition) is 1. The topological polar surface area (TPSA) is 37.8 Å². The van der Waals surface area contributed by atoms with Crippen LogP contribution in [0.25, 0.3) is 11.4 Å². The summed E-state index contributed by atoms with van der Waals surface area (Å²) in [6, 6.07) is 7.54. The summed E-state index contributed by atoms with van der Waals surface area (Å²) in [6.07, 6.45) is 0.863. The summed E-state index contributed by atoms with van der Waals surface area (Å²) in [4.78, 5) is 8.99. The van der Waals surface area contributed by atoms with Crippen LogP contribution in [0.1, 0.15) is 12.6 Å². The highest BCUT2D eigenvalue weighted by atomic mass is 79.9. The Morgan fingerprint density at radius 3 is 2.72 bits per heavy atom. The molecule has 1 aromatic carbocycles. The van der Waals surface area contributed by atoms with Crippen molar-refractivity contribution >= 4 is 33.3 Å². The van der Waals surface area contributed by atoms with Gasteiger partial charge in [0.1, 0.15) is 5.82 Å². The molecule has 0 spiro atoms. The van der Waals surface area contributed by atoms with Gasteiger partial charge in [-0.05, 0) is 24.6 Å². The maximum atomic E-state index is 6.02. The van der Waals surface area contributed by atoms with Gasteiger partial charge >= 0.3 is 0 Å². The second kappa shape index (κ2) is 5.67. The van der Waals surface area contributed by atoms with E-state index in [1.807, 2.05) is 31.3 Å². The Hall–Kier alpha value is -1.13. The van der Waals surface area contributed by atoms with Crippen LogP contribution < -0.4 is 5.32 Å². The monoisotopic (exact) mass is 325 g/mol. The van der Waals surface area contributed by atoms with E-state index in [-0.39, 0.29) is 0 Å². The fourth-order valence-corrected chi connectivity index (χ4v) is 2.19. The van der Waals surface area contributed by atoms with Crippen molar-refractivity contribution in [2.45, 2.75) is 13.3 Å². The Morgan fingerprint density at radius 2 is 2.06 bits per heavy atom. The van der Waals surface area contributed by atoms with Crippen molar-refractivity contribution in [3.05, 3.63) is 39.5 Å². The van der Waals surface area contributed by atoms with E-state index in [0.717, 1.165) is 28.0 Å². The summed E-state index contributed by atoms with van der Waals surface area (Å²) < 4.78 is 0.933. The lowest BCUT2D eigenvalue weighted by molar-refractivity contribution is 1.00. The number of aromatic nitrogens is 2. The third kappa shape index (κ3) is 2.82. The molecule has 2 rings (SSSR count). The Bertz CT molecular complexity index is 550. The molecule has 0 saturated heterocycles. The van der Waals surface area contributed by atoms with Gasteiger partial charge in [-0.2, -0.15) is 0 Å². The molecular formula is C13H13BrClN3. The summed E-state index contributed by atoms with van der Waals surface area (Å²) in [5.41, 5.74) is 1.89. The van der Waals surface area contributed by atoms with E-state index in [1.54, 1.807) is 0 Å². The van der Waals surface area contributed by atoms with Crippen LogP contribution in [-0.2, 0) is 6.42 Å². The largest absolute Gasteiger partial charge is 0.373 e. The van der Waals surface area contributed by atoms with E-state index in [1.165, 1.54) is 0 Å². The Kier molecular flexibility index (Phi) is 4.19. The summed E-state index contributed by atoms with van der Waals surface area (Å²) in [5.74, 6) is 1.48. The molecular weight excluding hydrogens is 314 g/mol. The lowest BCUT2D eigenvalue weighted by Crippen LogP contribution is -2.00. The van der Waals surface area contributed by atoms with Crippen LogP contribution in [0.15, 0.2) is 28.7 Å². The first-order chi connectivity index (χ1) is 8.63. The molecule has 3 nitrogen and oxygen atoms in total. The first-order valence-electron chi connectivity index (χ1n) is 5.65. The molecule has 0 saturated carbocycles. The van der Waals surface area contributed by atoms with E-state index < -0.39 is 0 Å². The second-order valence-corrected chi connectivity index (χ2v) is 5.09. The van der Waals surface area contributed by atoms with Crippen molar-refractivity contribution in [1.82, 2.24) is 9.97 Å². The van der Waals surface area contributed by atoms with Crippen LogP contribution in [0.4, 0.5) is 5.82 Å². The molecule has 0 unspecified atom stereocenters. The van der Waals surface area contributed by atoms with E-state index in [4.69, 9.17) is 11.6 Å². The smallest absolute Gasteiger partial charge is 0.162 e. The predicted octanol–water partition coefficient (Wildman–Crippen LogP) is 4.16. The lowest BCUT2D eigenvalue weighted by atomic mass is 10.2. The number of aryl methyl sites for hydroxylation is 1. The molecule has 2 aromatic rings. The molecule has 0 aliphatic rings. The molecule has 18 heavy (non-hydrogen) atoms. The fourth-order valence-electron chi connectivity index (χ4n) is 1.60. The molecule has 0 atom stereocenters. The van der Waals surface area contributed by atoms with Crippen molar-refractivity contribution in [2.24, 2.45) is 0 Å². The summed E-state index contributed by atoms with van der Waals surface area (Å²) >= 11 is 9.52. The molecule has 0 bridgehead atoms. The van der Waals surface area contributed by atoms with Crippen LogP contribution in [0.2, 0.25) is 5.02 Å². The zero-order valence-corrected chi connectivity index (χ0v) is 12.5. The van der Waals surface area contributed by atoms with Gasteiger partial charge < -0.3 is 5.32 Å². The maximum absolute atomic E-state index is 6.02. The Morgan fingerprint density at radius 1 is 1.28 bits per heavy atom. The number of anilines is 1. The second-order valence-electron chi connectivity index (χ2n) is 3.80. The third-order valence-electron chi connectivity index (χ3n) is 2.57. The number of halogens is 2. The molecule has 0 aliphatic heterocycles. The highest BCUT2D eigenvalue weighted by Gasteiger charge is 2.09. The minimum Gasteiger partial charge on any atom is -0.373 e. The molecule has 1 N–H and O–H groups in total. The van der Waals surface area contributed by atoms with E-state index in [9.17, 15) is 0 Å². The third-order valence-corrected chi connectivity index (χ3v) is 3.49. The van der Waals surface area contributed by atoms with Crippen molar-refractivity contribution in [2.75, 3.05) is 12.4 Å². The molecule has 5 heteroatoms. The predicted molar refractivity (Wildman–Crippen MR) is 79.1 cm³/mol.